The zero-order chi connectivity index (χ0) is 10.3. The highest BCUT2D eigenvalue weighted by Gasteiger charge is 2.32. The summed E-state index contributed by atoms with van der Waals surface area (Å²) in [5.41, 5.74) is 5.25. The van der Waals surface area contributed by atoms with Crippen molar-refractivity contribution in [3.63, 3.8) is 0 Å². The van der Waals surface area contributed by atoms with E-state index in [9.17, 15) is 4.79 Å². The lowest BCUT2D eigenvalue weighted by Gasteiger charge is -2.15. The number of amides is 1. The third kappa shape index (κ3) is 1.37. The predicted molar refractivity (Wildman–Crippen MR) is 48.1 cm³/mol. The van der Waals surface area contributed by atoms with E-state index in [4.69, 9.17) is 15.2 Å². The number of aromatic nitrogens is 1. The van der Waals surface area contributed by atoms with Gasteiger partial charge in [-0.25, -0.2) is 4.98 Å². The number of nitrogens with two attached hydrogens (primary N) is 1. The van der Waals surface area contributed by atoms with Crippen LogP contribution in [0.5, 0.6) is 11.5 Å². The van der Waals surface area contributed by atoms with E-state index < -0.39 is 11.7 Å². The largest absolute Gasteiger partial charge is 0.449 e. The van der Waals surface area contributed by atoms with Crippen molar-refractivity contribution < 1.29 is 14.3 Å². The molecule has 0 radical (unpaired) electrons. The van der Waals surface area contributed by atoms with Crippen LogP contribution in [0.4, 0.5) is 0 Å². The highest BCUT2D eigenvalue weighted by atomic mass is 16.7. The van der Waals surface area contributed by atoms with Gasteiger partial charge in [-0.3, -0.25) is 4.79 Å². The van der Waals surface area contributed by atoms with Crippen LogP contribution in [0.25, 0.3) is 0 Å². The first kappa shape index (κ1) is 8.80. The average Bonchev–Trinajstić information content (AvgIpc) is 2.36. The second-order valence-electron chi connectivity index (χ2n) is 3.48. The SMILES string of the molecule is CC1(C)Oc2cnc(C(N)=O)cc2O1. The van der Waals surface area contributed by atoms with Crippen molar-refractivity contribution in [2.75, 3.05) is 0 Å². The summed E-state index contributed by atoms with van der Waals surface area (Å²) in [5, 5.41) is 0. The van der Waals surface area contributed by atoms with Crippen LogP contribution in [0, 0.1) is 0 Å². The average molecular weight is 194 g/mol. The number of carbonyl (C=O) groups excluding carboxylic acids is 1. The van der Waals surface area contributed by atoms with Crippen molar-refractivity contribution in [2.45, 2.75) is 19.6 Å². The molecule has 1 aromatic heterocycles. The molecule has 0 unspecified atom stereocenters. The number of fused-ring (bicyclic) bond motifs is 1. The van der Waals surface area contributed by atoms with Crippen molar-refractivity contribution in [2.24, 2.45) is 5.73 Å². The van der Waals surface area contributed by atoms with Gasteiger partial charge >= 0.3 is 0 Å². The first-order valence-electron chi connectivity index (χ1n) is 4.16. The lowest BCUT2D eigenvalue weighted by Crippen LogP contribution is -2.29. The highest BCUT2D eigenvalue weighted by Crippen LogP contribution is 2.38. The molecule has 0 aromatic carbocycles. The van der Waals surface area contributed by atoms with Gasteiger partial charge in [0.1, 0.15) is 5.69 Å². The van der Waals surface area contributed by atoms with Crippen molar-refractivity contribution in [1.82, 2.24) is 4.98 Å². The van der Waals surface area contributed by atoms with E-state index >= 15 is 0 Å². The van der Waals surface area contributed by atoms with Gasteiger partial charge in [-0.05, 0) is 0 Å². The summed E-state index contributed by atoms with van der Waals surface area (Å²) in [6, 6.07) is 1.48. The van der Waals surface area contributed by atoms with Crippen LogP contribution >= 0.6 is 0 Å². The number of hydrogen-bond donors (Lipinski definition) is 1. The summed E-state index contributed by atoms with van der Waals surface area (Å²) in [5.74, 6) is -0.264. The molecule has 1 aromatic rings. The monoisotopic (exact) mass is 194 g/mol. The van der Waals surface area contributed by atoms with Gasteiger partial charge in [-0.1, -0.05) is 0 Å². The van der Waals surface area contributed by atoms with Gasteiger partial charge in [0, 0.05) is 19.9 Å². The Balaban J connectivity index is 2.40. The lowest BCUT2D eigenvalue weighted by atomic mass is 10.3. The molecule has 2 N–H and O–H groups in total. The molecular formula is C9H10N2O3. The molecule has 2 heterocycles. The van der Waals surface area contributed by atoms with E-state index in [2.05, 4.69) is 4.98 Å². The quantitative estimate of drug-likeness (QED) is 0.713. The van der Waals surface area contributed by atoms with Crippen LogP contribution < -0.4 is 15.2 Å². The summed E-state index contributed by atoms with van der Waals surface area (Å²) >= 11 is 0. The molecule has 0 atom stereocenters. The summed E-state index contributed by atoms with van der Waals surface area (Å²) in [7, 11) is 0. The molecule has 0 spiro atoms. The summed E-state index contributed by atoms with van der Waals surface area (Å²) in [4.78, 5) is 14.7. The Bertz CT molecular complexity index is 401. The van der Waals surface area contributed by atoms with E-state index in [0.29, 0.717) is 11.5 Å². The molecule has 5 nitrogen and oxygen atoms in total. The molecule has 0 aliphatic carbocycles. The van der Waals surface area contributed by atoms with Crippen LogP contribution in [-0.2, 0) is 0 Å². The summed E-state index contributed by atoms with van der Waals surface area (Å²) in [6.45, 7) is 3.55. The zero-order valence-corrected chi connectivity index (χ0v) is 7.90. The van der Waals surface area contributed by atoms with Crippen molar-refractivity contribution >= 4 is 5.91 Å². The van der Waals surface area contributed by atoms with E-state index in [1.165, 1.54) is 12.3 Å². The summed E-state index contributed by atoms with van der Waals surface area (Å²) < 4.78 is 10.8. The molecule has 2 rings (SSSR count). The van der Waals surface area contributed by atoms with Gasteiger partial charge in [-0.15, -0.1) is 0 Å². The van der Waals surface area contributed by atoms with Crippen LogP contribution in [0.15, 0.2) is 12.3 Å². The van der Waals surface area contributed by atoms with E-state index in [-0.39, 0.29) is 5.69 Å². The van der Waals surface area contributed by atoms with Crippen LogP contribution in [0.2, 0.25) is 0 Å². The Kier molecular flexibility index (Phi) is 1.64. The standard InChI is InChI=1S/C9H10N2O3/c1-9(2)13-6-3-5(8(10)12)11-4-7(6)14-9/h3-4H,1-2H3,(H2,10,12). The van der Waals surface area contributed by atoms with Gasteiger partial charge in [0.2, 0.25) is 5.79 Å². The van der Waals surface area contributed by atoms with Crippen molar-refractivity contribution in [1.29, 1.82) is 0 Å². The van der Waals surface area contributed by atoms with Gasteiger partial charge in [0.15, 0.2) is 11.5 Å². The molecule has 0 saturated heterocycles. The zero-order valence-electron chi connectivity index (χ0n) is 7.90. The van der Waals surface area contributed by atoms with Crippen molar-refractivity contribution in [3.8, 4) is 11.5 Å². The Labute approximate surface area is 80.8 Å². The molecule has 0 fully saturated rings. The minimum absolute atomic E-state index is 0.171. The molecule has 5 heteroatoms. The van der Waals surface area contributed by atoms with Crippen LogP contribution in [0.1, 0.15) is 24.3 Å². The molecular weight excluding hydrogens is 184 g/mol. The number of nitrogens with zero attached hydrogens (tertiary/aromatic N) is 1. The number of carbonyl (C=O) groups is 1. The lowest BCUT2D eigenvalue weighted by molar-refractivity contribution is -0.0432. The molecule has 0 bridgehead atoms. The maximum Gasteiger partial charge on any atom is 0.267 e. The van der Waals surface area contributed by atoms with Gasteiger partial charge in [0.25, 0.3) is 5.91 Å². The Morgan fingerprint density at radius 3 is 2.71 bits per heavy atom. The molecule has 0 saturated carbocycles. The smallest absolute Gasteiger partial charge is 0.267 e. The number of primary amides is 1. The fraction of sp³-hybridized carbons (Fsp3) is 0.333. The van der Waals surface area contributed by atoms with E-state index in [0.717, 1.165) is 0 Å². The molecule has 74 valence electrons. The normalized spacial score (nSPS) is 16.7. The maximum atomic E-state index is 10.8. The number of pyridine rings is 1. The van der Waals surface area contributed by atoms with Gasteiger partial charge < -0.3 is 15.2 Å². The first-order valence-corrected chi connectivity index (χ1v) is 4.16. The molecule has 1 aliphatic heterocycles. The second kappa shape index (κ2) is 2.60. The highest BCUT2D eigenvalue weighted by molar-refractivity contribution is 5.91. The number of hydrogen-bond acceptors (Lipinski definition) is 4. The van der Waals surface area contributed by atoms with Gasteiger partial charge in [-0.2, -0.15) is 0 Å². The predicted octanol–water partition coefficient (Wildman–Crippen LogP) is 0.688. The minimum atomic E-state index is -0.708. The Hall–Kier alpha value is -1.78. The molecule has 1 aliphatic rings. The van der Waals surface area contributed by atoms with Crippen LogP contribution in [0.3, 0.4) is 0 Å². The molecule has 14 heavy (non-hydrogen) atoms. The maximum absolute atomic E-state index is 10.8. The number of rotatable bonds is 1. The summed E-state index contributed by atoms with van der Waals surface area (Å²) in [6.07, 6.45) is 1.43. The molecule has 1 amide bonds. The van der Waals surface area contributed by atoms with E-state index in [1.54, 1.807) is 13.8 Å². The van der Waals surface area contributed by atoms with Gasteiger partial charge in [0.05, 0.1) is 6.20 Å². The van der Waals surface area contributed by atoms with E-state index in [1.807, 2.05) is 0 Å². The fourth-order valence-electron chi connectivity index (χ4n) is 1.27. The third-order valence-electron chi connectivity index (χ3n) is 1.80. The third-order valence-corrected chi connectivity index (χ3v) is 1.80. The topological polar surface area (TPSA) is 74.4 Å². The van der Waals surface area contributed by atoms with Crippen molar-refractivity contribution in [3.05, 3.63) is 18.0 Å². The first-order chi connectivity index (χ1) is 6.48. The van der Waals surface area contributed by atoms with Crippen LogP contribution in [-0.4, -0.2) is 16.7 Å². The Morgan fingerprint density at radius 2 is 2.07 bits per heavy atom. The fourth-order valence-corrected chi connectivity index (χ4v) is 1.27. The second-order valence-corrected chi connectivity index (χ2v) is 3.48. The minimum Gasteiger partial charge on any atom is -0.449 e. The Morgan fingerprint density at radius 1 is 1.43 bits per heavy atom. The number of ether oxygens (including phenoxy) is 2.